The maximum absolute atomic E-state index is 11.1. The highest BCUT2D eigenvalue weighted by atomic mass is 16.1. The summed E-state index contributed by atoms with van der Waals surface area (Å²) in [5.74, 6) is -0.0582. The van der Waals surface area contributed by atoms with Gasteiger partial charge in [-0.05, 0) is 61.2 Å². The van der Waals surface area contributed by atoms with E-state index in [2.05, 4.69) is 43.5 Å². The Morgan fingerprint density at radius 3 is 2.33 bits per heavy atom. The van der Waals surface area contributed by atoms with Gasteiger partial charge in [0, 0.05) is 24.8 Å². The van der Waals surface area contributed by atoms with Crippen LogP contribution in [-0.4, -0.2) is 5.91 Å². The summed E-state index contributed by atoms with van der Waals surface area (Å²) < 4.78 is 0. The average Bonchev–Trinajstić information content (AvgIpc) is 2.41. The smallest absolute Gasteiger partial charge is 0.221 e. The van der Waals surface area contributed by atoms with Crippen molar-refractivity contribution in [2.75, 3.05) is 10.6 Å². The first-order valence-electron chi connectivity index (χ1n) is 7.14. The van der Waals surface area contributed by atoms with Crippen LogP contribution >= 0.6 is 0 Å². The molecule has 21 heavy (non-hydrogen) atoms. The monoisotopic (exact) mass is 282 g/mol. The molecule has 0 spiro atoms. The van der Waals surface area contributed by atoms with Crippen molar-refractivity contribution in [3.05, 3.63) is 58.7 Å². The highest BCUT2D eigenvalue weighted by Gasteiger charge is 2.03. The number of hydrogen-bond acceptors (Lipinski definition) is 2. The highest BCUT2D eigenvalue weighted by molar-refractivity contribution is 5.89. The van der Waals surface area contributed by atoms with Gasteiger partial charge >= 0.3 is 0 Å². The summed E-state index contributed by atoms with van der Waals surface area (Å²) in [5.41, 5.74) is 7.03. The summed E-state index contributed by atoms with van der Waals surface area (Å²) in [6.07, 6.45) is 0. The molecule has 0 saturated carbocycles. The van der Waals surface area contributed by atoms with Crippen LogP contribution in [-0.2, 0) is 11.3 Å². The first-order valence-corrected chi connectivity index (χ1v) is 7.14. The van der Waals surface area contributed by atoms with Gasteiger partial charge in [-0.2, -0.15) is 0 Å². The molecule has 2 N–H and O–H groups in total. The van der Waals surface area contributed by atoms with E-state index in [0.717, 1.165) is 17.9 Å². The van der Waals surface area contributed by atoms with Crippen LogP contribution in [0.5, 0.6) is 0 Å². The molecule has 0 fully saturated rings. The number of anilines is 2. The van der Waals surface area contributed by atoms with Crippen molar-refractivity contribution in [3.63, 3.8) is 0 Å². The van der Waals surface area contributed by atoms with E-state index in [1.54, 1.807) is 0 Å². The summed E-state index contributed by atoms with van der Waals surface area (Å²) in [4.78, 5) is 11.1. The topological polar surface area (TPSA) is 41.1 Å². The van der Waals surface area contributed by atoms with Gasteiger partial charge in [0.2, 0.25) is 5.91 Å². The van der Waals surface area contributed by atoms with Crippen LogP contribution in [0.3, 0.4) is 0 Å². The molecule has 110 valence electrons. The van der Waals surface area contributed by atoms with Gasteiger partial charge in [-0.25, -0.2) is 0 Å². The third-order valence-corrected chi connectivity index (χ3v) is 3.62. The number of hydrogen-bond donors (Lipinski definition) is 2. The van der Waals surface area contributed by atoms with Crippen LogP contribution in [0.2, 0.25) is 0 Å². The molecule has 0 saturated heterocycles. The molecule has 0 aliphatic rings. The first kappa shape index (κ1) is 15.1. The minimum atomic E-state index is -0.0582. The number of aryl methyl sites for hydroxylation is 3. The van der Waals surface area contributed by atoms with Crippen LogP contribution < -0.4 is 10.6 Å². The van der Waals surface area contributed by atoms with E-state index >= 15 is 0 Å². The minimum absolute atomic E-state index is 0.0582. The fraction of sp³-hybridized carbons (Fsp3) is 0.278. The quantitative estimate of drug-likeness (QED) is 0.883. The predicted octanol–water partition coefficient (Wildman–Crippen LogP) is 4.18. The van der Waals surface area contributed by atoms with E-state index in [-0.39, 0.29) is 5.91 Å². The maximum atomic E-state index is 11.1. The molecule has 0 aliphatic carbocycles. The van der Waals surface area contributed by atoms with E-state index in [1.165, 1.54) is 29.2 Å². The van der Waals surface area contributed by atoms with Crippen LogP contribution in [0.15, 0.2) is 36.4 Å². The molecule has 2 aromatic rings. The lowest BCUT2D eigenvalue weighted by atomic mass is 10.0. The Labute approximate surface area is 126 Å². The minimum Gasteiger partial charge on any atom is -0.381 e. The summed E-state index contributed by atoms with van der Waals surface area (Å²) >= 11 is 0. The first-order chi connectivity index (χ1) is 9.95. The molecule has 0 aromatic heterocycles. The second-order valence-electron chi connectivity index (χ2n) is 5.48. The Kier molecular flexibility index (Phi) is 4.63. The number of carbonyl (C=O) groups is 1. The Balaban J connectivity index is 2.09. The van der Waals surface area contributed by atoms with E-state index in [4.69, 9.17) is 0 Å². The van der Waals surface area contributed by atoms with Crippen molar-refractivity contribution in [2.24, 2.45) is 0 Å². The maximum Gasteiger partial charge on any atom is 0.221 e. The van der Waals surface area contributed by atoms with E-state index in [0.29, 0.717) is 0 Å². The van der Waals surface area contributed by atoms with Crippen molar-refractivity contribution >= 4 is 17.3 Å². The average molecular weight is 282 g/mol. The van der Waals surface area contributed by atoms with Crippen molar-refractivity contribution in [2.45, 2.75) is 34.2 Å². The van der Waals surface area contributed by atoms with Gasteiger partial charge < -0.3 is 10.6 Å². The zero-order valence-electron chi connectivity index (χ0n) is 13.1. The Morgan fingerprint density at radius 2 is 1.62 bits per heavy atom. The highest BCUT2D eigenvalue weighted by Crippen LogP contribution is 2.19. The van der Waals surface area contributed by atoms with Gasteiger partial charge in [0.25, 0.3) is 0 Å². The molecule has 3 heteroatoms. The van der Waals surface area contributed by atoms with Crippen LogP contribution in [0.1, 0.15) is 29.2 Å². The Hall–Kier alpha value is -2.29. The third kappa shape index (κ3) is 4.09. The molecule has 2 rings (SSSR count). The SMILES string of the molecule is CC(=O)Nc1cccc(NCc2cc(C)c(C)cc2C)c1. The van der Waals surface area contributed by atoms with Crippen molar-refractivity contribution < 1.29 is 4.79 Å². The second kappa shape index (κ2) is 6.44. The molecular formula is C18H22N2O. The van der Waals surface area contributed by atoms with Gasteiger partial charge in [-0.1, -0.05) is 18.2 Å². The lowest BCUT2D eigenvalue weighted by molar-refractivity contribution is -0.114. The fourth-order valence-electron chi connectivity index (χ4n) is 2.32. The van der Waals surface area contributed by atoms with Gasteiger partial charge in [-0.3, -0.25) is 4.79 Å². The van der Waals surface area contributed by atoms with E-state index < -0.39 is 0 Å². The normalized spacial score (nSPS) is 10.3. The zero-order valence-corrected chi connectivity index (χ0v) is 13.1. The van der Waals surface area contributed by atoms with Crippen molar-refractivity contribution in [1.29, 1.82) is 0 Å². The number of rotatable bonds is 4. The lowest BCUT2D eigenvalue weighted by Gasteiger charge is -2.12. The van der Waals surface area contributed by atoms with Gasteiger partial charge in [0.15, 0.2) is 0 Å². The van der Waals surface area contributed by atoms with Crippen molar-refractivity contribution in [3.8, 4) is 0 Å². The van der Waals surface area contributed by atoms with Crippen molar-refractivity contribution in [1.82, 2.24) is 0 Å². The molecule has 0 heterocycles. The van der Waals surface area contributed by atoms with E-state index in [1.807, 2.05) is 24.3 Å². The largest absolute Gasteiger partial charge is 0.381 e. The number of benzene rings is 2. The summed E-state index contributed by atoms with van der Waals surface area (Å²) in [7, 11) is 0. The molecule has 0 atom stereocenters. The third-order valence-electron chi connectivity index (χ3n) is 3.62. The summed E-state index contributed by atoms with van der Waals surface area (Å²) in [5, 5.41) is 6.20. The summed E-state index contributed by atoms with van der Waals surface area (Å²) in [6, 6.07) is 12.2. The Bertz CT molecular complexity index is 662. The lowest BCUT2D eigenvalue weighted by Crippen LogP contribution is -2.07. The molecule has 2 aromatic carbocycles. The molecular weight excluding hydrogens is 260 g/mol. The number of carbonyl (C=O) groups excluding carboxylic acids is 1. The summed E-state index contributed by atoms with van der Waals surface area (Å²) in [6.45, 7) is 8.69. The van der Waals surface area contributed by atoms with Gasteiger partial charge in [0.1, 0.15) is 0 Å². The van der Waals surface area contributed by atoms with E-state index in [9.17, 15) is 4.79 Å². The fourth-order valence-corrected chi connectivity index (χ4v) is 2.32. The molecule has 0 radical (unpaired) electrons. The van der Waals surface area contributed by atoms with Gasteiger partial charge in [0.05, 0.1) is 0 Å². The predicted molar refractivity (Wildman–Crippen MR) is 88.7 cm³/mol. The number of amides is 1. The number of nitrogens with one attached hydrogen (secondary N) is 2. The molecule has 0 bridgehead atoms. The van der Waals surface area contributed by atoms with Crippen LogP contribution in [0.25, 0.3) is 0 Å². The zero-order chi connectivity index (χ0) is 15.4. The van der Waals surface area contributed by atoms with Crippen LogP contribution in [0, 0.1) is 20.8 Å². The molecule has 0 unspecified atom stereocenters. The molecule has 3 nitrogen and oxygen atoms in total. The van der Waals surface area contributed by atoms with Gasteiger partial charge in [-0.15, -0.1) is 0 Å². The second-order valence-corrected chi connectivity index (χ2v) is 5.48. The van der Waals surface area contributed by atoms with Crippen LogP contribution in [0.4, 0.5) is 11.4 Å². The Morgan fingerprint density at radius 1 is 0.952 bits per heavy atom. The molecule has 1 amide bonds. The molecule has 0 aliphatic heterocycles. The standard InChI is InChI=1S/C18H22N2O/c1-12-8-14(3)16(9-13(12)2)11-19-17-6-5-7-18(10-17)20-15(4)21/h5-10,19H,11H2,1-4H3,(H,20,21).